The summed E-state index contributed by atoms with van der Waals surface area (Å²) < 4.78 is 5.16. The van der Waals surface area contributed by atoms with Crippen LogP contribution in [0.25, 0.3) is 0 Å². The molecule has 0 unspecified atom stereocenters. The Morgan fingerprint density at radius 3 is 2.83 bits per heavy atom. The molecule has 0 aromatic carbocycles. The van der Waals surface area contributed by atoms with Gasteiger partial charge in [-0.3, -0.25) is 4.79 Å². The standard InChI is InChI=1S/C9H11NO2/c1-6-2-5-8(12-6)9(11)10-7-3-4-7/h2,5,7H,3-4H2,1H3,(H,10,11). The maximum absolute atomic E-state index is 11.3. The van der Waals surface area contributed by atoms with E-state index in [9.17, 15) is 4.79 Å². The van der Waals surface area contributed by atoms with Crippen molar-refractivity contribution in [2.45, 2.75) is 25.8 Å². The summed E-state index contributed by atoms with van der Waals surface area (Å²) in [6, 6.07) is 3.89. The minimum absolute atomic E-state index is 0.0920. The summed E-state index contributed by atoms with van der Waals surface area (Å²) in [6.07, 6.45) is 2.21. The minimum atomic E-state index is -0.0920. The topological polar surface area (TPSA) is 42.2 Å². The molecule has 1 heterocycles. The molecule has 0 saturated heterocycles. The lowest BCUT2D eigenvalue weighted by molar-refractivity contribution is 0.0922. The highest BCUT2D eigenvalue weighted by Crippen LogP contribution is 2.19. The lowest BCUT2D eigenvalue weighted by Gasteiger charge is -1.97. The molecule has 1 aromatic rings. The first-order chi connectivity index (χ1) is 5.75. The Morgan fingerprint density at radius 2 is 2.33 bits per heavy atom. The Balaban J connectivity index is 2.03. The fraction of sp³-hybridized carbons (Fsp3) is 0.444. The second kappa shape index (κ2) is 2.66. The third-order valence-electron chi connectivity index (χ3n) is 1.88. The predicted molar refractivity (Wildman–Crippen MR) is 43.9 cm³/mol. The van der Waals surface area contributed by atoms with E-state index in [-0.39, 0.29) is 5.91 Å². The molecule has 1 N–H and O–H groups in total. The van der Waals surface area contributed by atoms with Gasteiger partial charge < -0.3 is 9.73 Å². The fourth-order valence-electron chi connectivity index (χ4n) is 1.04. The largest absolute Gasteiger partial charge is 0.456 e. The van der Waals surface area contributed by atoms with Crippen molar-refractivity contribution in [1.82, 2.24) is 5.32 Å². The van der Waals surface area contributed by atoms with Gasteiger partial charge in [0.25, 0.3) is 5.91 Å². The first-order valence-corrected chi connectivity index (χ1v) is 4.13. The molecule has 0 bridgehead atoms. The maximum Gasteiger partial charge on any atom is 0.287 e. The smallest absolute Gasteiger partial charge is 0.287 e. The molecule has 1 aliphatic rings. The molecular formula is C9H11NO2. The molecule has 1 saturated carbocycles. The molecule has 0 atom stereocenters. The molecule has 0 radical (unpaired) electrons. The predicted octanol–water partition coefficient (Wildman–Crippen LogP) is 1.48. The highest BCUT2D eigenvalue weighted by Gasteiger charge is 2.24. The molecule has 1 aliphatic carbocycles. The van der Waals surface area contributed by atoms with Crippen molar-refractivity contribution in [3.05, 3.63) is 23.7 Å². The van der Waals surface area contributed by atoms with E-state index in [1.165, 1.54) is 0 Å². The number of carbonyl (C=O) groups excluding carboxylic acids is 1. The molecule has 2 rings (SSSR count). The Hall–Kier alpha value is -1.25. The number of rotatable bonds is 2. The van der Waals surface area contributed by atoms with Gasteiger partial charge in [-0.15, -0.1) is 0 Å². The molecule has 1 aromatic heterocycles. The number of amides is 1. The number of nitrogens with one attached hydrogen (secondary N) is 1. The van der Waals surface area contributed by atoms with E-state index in [1.807, 2.05) is 6.92 Å². The summed E-state index contributed by atoms with van der Waals surface area (Å²) >= 11 is 0. The first kappa shape index (κ1) is 7.40. The van der Waals surface area contributed by atoms with Crippen molar-refractivity contribution in [3.8, 4) is 0 Å². The van der Waals surface area contributed by atoms with E-state index in [4.69, 9.17) is 4.42 Å². The number of aryl methyl sites for hydroxylation is 1. The normalized spacial score (nSPS) is 16.1. The second-order valence-electron chi connectivity index (χ2n) is 3.16. The lowest BCUT2D eigenvalue weighted by Crippen LogP contribution is -2.24. The van der Waals surface area contributed by atoms with Crippen molar-refractivity contribution in [1.29, 1.82) is 0 Å². The summed E-state index contributed by atoms with van der Waals surface area (Å²) in [5.74, 6) is 1.10. The molecule has 3 nitrogen and oxygen atoms in total. The molecular weight excluding hydrogens is 154 g/mol. The fourth-order valence-corrected chi connectivity index (χ4v) is 1.04. The van der Waals surface area contributed by atoms with E-state index < -0.39 is 0 Å². The Labute approximate surface area is 70.8 Å². The van der Waals surface area contributed by atoms with Crippen molar-refractivity contribution in [2.24, 2.45) is 0 Å². The minimum Gasteiger partial charge on any atom is -0.456 e. The van der Waals surface area contributed by atoms with Gasteiger partial charge in [0.15, 0.2) is 5.76 Å². The summed E-state index contributed by atoms with van der Waals surface area (Å²) in [7, 11) is 0. The van der Waals surface area contributed by atoms with Crippen LogP contribution in [0.2, 0.25) is 0 Å². The van der Waals surface area contributed by atoms with Crippen molar-refractivity contribution >= 4 is 5.91 Å². The number of furan rings is 1. The summed E-state index contributed by atoms with van der Waals surface area (Å²) in [6.45, 7) is 1.83. The van der Waals surface area contributed by atoms with E-state index >= 15 is 0 Å². The molecule has 64 valence electrons. The molecule has 0 aliphatic heterocycles. The third kappa shape index (κ3) is 1.49. The van der Waals surface area contributed by atoms with E-state index in [0.717, 1.165) is 18.6 Å². The van der Waals surface area contributed by atoms with Crippen LogP contribution < -0.4 is 5.32 Å². The maximum atomic E-state index is 11.3. The van der Waals surface area contributed by atoms with Crippen molar-refractivity contribution < 1.29 is 9.21 Å². The van der Waals surface area contributed by atoms with Crippen molar-refractivity contribution in [2.75, 3.05) is 0 Å². The molecule has 1 amide bonds. The Bertz CT molecular complexity index is 299. The number of hydrogen-bond acceptors (Lipinski definition) is 2. The molecule has 3 heteroatoms. The van der Waals surface area contributed by atoms with Gasteiger partial charge in [0.2, 0.25) is 0 Å². The van der Waals surface area contributed by atoms with Gasteiger partial charge in [-0.1, -0.05) is 0 Å². The third-order valence-corrected chi connectivity index (χ3v) is 1.88. The van der Waals surface area contributed by atoms with Gasteiger partial charge in [-0.05, 0) is 31.9 Å². The van der Waals surface area contributed by atoms with Gasteiger partial charge in [-0.2, -0.15) is 0 Å². The molecule has 1 fully saturated rings. The van der Waals surface area contributed by atoms with Gasteiger partial charge in [-0.25, -0.2) is 0 Å². The summed E-state index contributed by atoms with van der Waals surface area (Å²) in [5.41, 5.74) is 0. The summed E-state index contributed by atoms with van der Waals surface area (Å²) in [4.78, 5) is 11.3. The molecule has 12 heavy (non-hydrogen) atoms. The quantitative estimate of drug-likeness (QED) is 0.721. The number of carbonyl (C=O) groups is 1. The van der Waals surface area contributed by atoms with Gasteiger partial charge >= 0.3 is 0 Å². The highest BCUT2D eigenvalue weighted by molar-refractivity contribution is 5.91. The van der Waals surface area contributed by atoms with Crippen LogP contribution in [-0.4, -0.2) is 11.9 Å². The Morgan fingerprint density at radius 1 is 1.58 bits per heavy atom. The van der Waals surface area contributed by atoms with E-state index in [0.29, 0.717) is 11.8 Å². The van der Waals surface area contributed by atoms with Crippen LogP contribution in [0.15, 0.2) is 16.5 Å². The van der Waals surface area contributed by atoms with Crippen LogP contribution >= 0.6 is 0 Å². The van der Waals surface area contributed by atoms with Crippen LogP contribution in [0.4, 0.5) is 0 Å². The zero-order valence-corrected chi connectivity index (χ0v) is 6.96. The lowest BCUT2D eigenvalue weighted by atomic mass is 10.4. The SMILES string of the molecule is Cc1ccc(C(=O)NC2CC2)o1. The highest BCUT2D eigenvalue weighted by atomic mass is 16.3. The van der Waals surface area contributed by atoms with Crippen LogP contribution in [0.3, 0.4) is 0 Å². The Kier molecular flexibility index (Phi) is 1.64. The average Bonchev–Trinajstić information content (AvgIpc) is 2.72. The average molecular weight is 165 g/mol. The van der Waals surface area contributed by atoms with Crippen LogP contribution in [-0.2, 0) is 0 Å². The van der Waals surface area contributed by atoms with Gasteiger partial charge in [0.05, 0.1) is 0 Å². The van der Waals surface area contributed by atoms with Gasteiger partial charge in [0, 0.05) is 6.04 Å². The van der Waals surface area contributed by atoms with Crippen LogP contribution in [0.5, 0.6) is 0 Å². The van der Waals surface area contributed by atoms with Crippen LogP contribution in [0.1, 0.15) is 29.2 Å². The second-order valence-corrected chi connectivity index (χ2v) is 3.16. The first-order valence-electron chi connectivity index (χ1n) is 4.13. The van der Waals surface area contributed by atoms with Gasteiger partial charge in [0.1, 0.15) is 5.76 Å². The van der Waals surface area contributed by atoms with E-state index in [2.05, 4.69) is 5.32 Å². The zero-order chi connectivity index (χ0) is 8.55. The number of hydrogen-bond donors (Lipinski definition) is 1. The van der Waals surface area contributed by atoms with Crippen molar-refractivity contribution in [3.63, 3.8) is 0 Å². The van der Waals surface area contributed by atoms with E-state index in [1.54, 1.807) is 12.1 Å². The zero-order valence-electron chi connectivity index (χ0n) is 6.96. The molecule has 0 spiro atoms. The van der Waals surface area contributed by atoms with Crippen LogP contribution in [0, 0.1) is 6.92 Å². The summed E-state index contributed by atoms with van der Waals surface area (Å²) in [5, 5.41) is 2.85. The monoisotopic (exact) mass is 165 g/mol.